The maximum absolute atomic E-state index is 6.26. The number of hydrogen-bond donors (Lipinski definition) is 1. The first-order valence-electron chi connectivity index (χ1n) is 7.71. The van der Waals surface area contributed by atoms with E-state index in [1.807, 2.05) is 0 Å². The number of nitrogens with zero attached hydrogens (tertiary/aromatic N) is 1. The third kappa shape index (κ3) is 2.44. The van der Waals surface area contributed by atoms with Crippen molar-refractivity contribution in [3.8, 4) is 0 Å². The minimum Gasteiger partial charge on any atom is -0.328 e. The number of rotatable bonds is 5. The molecule has 2 N–H and O–H groups in total. The average molecular weight is 260 g/mol. The zero-order valence-electron chi connectivity index (χ0n) is 12.7. The zero-order chi connectivity index (χ0) is 13.9. The molecule has 2 rings (SSSR count). The summed E-state index contributed by atoms with van der Waals surface area (Å²) < 4.78 is 0. The molecular formula is C17H28N2. The molecule has 0 fully saturated rings. The Balaban J connectivity index is 2.44. The van der Waals surface area contributed by atoms with Gasteiger partial charge in [-0.25, -0.2) is 0 Å². The van der Waals surface area contributed by atoms with Crippen molar-refractivity contribution in [3.63, 3.8) is 0 Å². The fourth-order valence-electron chi connectivity index (χ4n) is 3.81. The Labute approximate surface area is 118 Å². The molecule has 0 saturated carbocycles. The predicted molar refractivity (Wildman–Crippen MR) is 82.2 cm³/mol. The predicted octanol–water partition coefficient (Wildman–Crippen LogP) is 3.30. The van der Waals surface area contributed by atoms with Crippen LogP contribution in [0, 0.1) is 0 Å². The molecule has 0 amide bonds. The molecule has 0 heterocycles. The number of nitrogens with two attached hydrogens (primary N) is 1. The zero-order valence-corrected chi connectivity index (χ0v) is 12.7. The van der Waals surface area contributed by atoms with Gasteiger partial charge in [-0.3, -0.25) is 4.90 Å². The van der Waals surface area contributed by atoms with Gasteiger partial charge in [0.25, 0.3) is 0 Å². The van der Waals surface area contributed by atoms with Crippen molar-refractivity contribution in [3.05, 3.63) is 35.4 Å². The Morgan fingerprint density at radius 3 is 2.58 bits per heavy atom. The molecular weight excluding hydrogens is 232 g/mol. The minimum absolute atomic E-state index is 0.0472. The standard InChI is InChI=1S/C17H28N2/c1-4-15(5-2)19(3)17(13-18)12-8-10-14-9-6-7-11-16(14)17/h6-7,9,11,15H,4-5,8,10,12-13,18H2,1-3H3. The Kier molecular flexibility index (Phi) is 4.64. The van der Waals surface area contributed by atoms with Gasteiger partial charge in [-0.05, 0) is 50.3 Å². The molecule has 1 aliphatic rings. The second kappa shape index (κ2) is 6.06. The van der Waals surface area contributed by atoms with Crippen molar-refractivity contribution in [2.45, 2.75) is 57.5 Å². The van der Waals surface area contributed by atoms with Crippen LogP contribution in [0.1, 0.15) is 50.7 Å². The number of aryl methyl sites for hydroxylation is 1. The van der Waals surface area contributed by atoms with E-state index in [-0.39, 0.29) is 5.54 Å². The van der Waals surface area contributed by atoms with E-state index in [9.17, 15) is 0 Å². The summed E-state index contributed by atoms with van der Waals surface area (Å²) in [5.41, 5.74) is 9.27. The molecule has 0 aliphatic heterocycles. The van der Waals surface area contributed by atoms with E-state index >= 15 is 0 Å². The molecule has 1 unspecified atom stereocenters. The lowest BCUT2D eigenvalue weighted by Gasteiger charge is -2.48. The molecule has 2 nitrogen and oxygen atoms in total. The molecule has 1 aromatic rings. The molecule has 106 valence electrons. The largest absolute Gasteiger partial charge is 0.328 e. The van der Waals surface area contributed by atoms with Crippen molar-refractivity contribution in [2.24, 2.45) is 5.73 Å². The van der Waals surface area contributed by atoms with Crippen LogP contribution in [0.25, 0.3) is 0 Å². The van der Waals surface area contributed by atoms with E-state index in [0.29, 0.717) is 6.04 Å². The third-order valence-electron chi connectivity index (χ3n) is 5.06. The molecule has 2 heteroatoms. The van der Waals surface area contributed by atoms with Crippen LogP contribution in [0.4, 0.5) is 0 Å². The number of likely N-dealkylation sites (N-methyl/N-ethyl adjacent to an activating group) is 1. The van der Waals surface area contributed by atoms with Gasteiger partial charge >= 0.3 is 0 Å². The van der Waals surface area contributed by atoms with Gasteiger partial charge < -0.3 is 5.73 Å². The lowest BCUT2D eigenvalue weighted by Crippen LogP contribution is -2.54. The van der Waals surface area contributed by atoms with Crippen molar-refractivity contribution in [2.75, 3.05) is 13.6 Å². The number of hydrogen-bond acceptors (Lipinski definition) is 2. The van der Waals surface area contributed by atoms with Gasteiger partial charge in [-0.15, -0.1) is 0 Å². The van der Waals surface area contributed by atoms with E-state index in [2.05, 4.69) is 50.1 Å². The Morgan fingerprint density at radius 2 is 1.95 bits per heavy atom. The topological polar surface area (TPSA) is 29.3 Å². The Hall–Kier alpha value is -0.860. The van der Waals surface area contributed by atoms with E-state index in [1.165, 1.54) is 43.2 Å². The van der Waals surface area contributed by atoms with Gasteiger partial charge in [0.1, 0.15) is 0 Å². The summed E-state index contributed by atoms with van der Waals surface area (Å²) in [5.74, 6) is 0. The maximum Gasteiger partial charge on any atom is 0.0586 e. The molecule has 0 bridgehead atoms. The normalized spacial score (nSPS) is 22.8. The first-order valence-corrected chi connectivity index (χ1v) is 7.71. The lowest BCUT2D eigenvalue weighted by atomic mass is 9.74. The second-order valence-corrected chi connectivity index (χ2v) is 5.83. The highest BCUT2D eigenvalue weighted by molar-refractivity contribution is 5.37. The van der Waals surface area contributed by atoms with Gasteiger partial charge in [0.2, 0.25) is 0 Å². The van der Waals surface area contributed by atoms with Crippen molar-refractivity contribution in [1.29, 1.82) is 0 Å². The van der Waals surface area contributed by atoms with Gasteiger partial charge in [0.05, 0.1) is 5.54 Å². The Bertz CT molecular complexity index is 411. The molecule has 1 aromatic carbocycles. The van der Waals surface area contributed by atoms with Crippen molar-refractivity contribution in [1.82, 2.24) is 4.90 Å². The van der Waals surface area contributed by atoms with Crippen molar-refractivity contribution >= 4 is 0 Å². The van der Waals surface area contributed by atoms with Crippen LogP contribution in [0.15, 0.2) is 24.3 Å². The molecule has 0 spiro atoms. The van der Waals surface area contributed by atoms with Gasteiger partial charge in [0.15, 0.2) is 0 Å². The van der Waals surface area contributed by atoms with E-state index in [0.717, 1.165) is 6.54 Å². The molecule has 1 aliphatic carbocycles. The smallest absolute Gasteiger partial charge is 0.0586 e. The summed E-state index contributed by atoms with van der Waals surface area (Å²) in [6, 6.07) is 9.51. The van der Waals surface area contributed by atoms with Crippen LogP contribution in [0.5, 0.6) is 0 Å². The SMILES string of the molecule is CCC(CC)N(C)C1(CN)CCCc2ccccc21. The van der Waals surface area contributed by atoms with Gasteiger partial charge in [-0.2, -0.15) is 0 Å². The lowest BCUT2D eigenvalue weighted by molar-refractivity contribution is 0.0542. The highest BCUT2D eigenvalue weighted by Crippen LogP contribution is 2.40. The monoisotopic (exact) mass is 260 g/mol. The first kappa shape index (κ1) is 14.5. The van der Waals surface area contributed by atoms with Crippen LogP contribution >= 0.6 is 0 Å². The van der Waals surface area contributed by atoms with Crippen LogP contribution in [0.3, 0.4) is 0 Å². The summed E-state index contributed by atoms with van der Waals surface area (Å²) >= 11 is 0. The van der Waals surface area contributed by atoms with Gasteiger partial charge in [0, 0.05) is 12.6 Å². The highest BCUT2D eigenvalue weighted by Gasteiger charge is 2.40. The van der Waals surface area contributed by atoms with Crippen LogP contribution in [-0.4, -0.2) is 24.5 Å². The molecule has 1 atom stereocenters. The summed E-state index contributed by atoms with van der Waals surface area (Å²) in [6.45, 7) is 5.28. The number of fused-ring (bicyclic) bond motifs is 1. The average Bonchev–Trinajstić information content (AvgIpc) is 2.47. The van der Waals surface area contributed by atoms with E-state index in [4.69, 9.17) is 5.73 Å². The molecule has 19 heavy (non-hydrogen) atoms. The van der Waals surface area contributed by atoms with Crippen molar-refractivity contribution < 1.29 is 0 Å². The molecule has 0 radical (unpaired) electrons. The third-order valence-corrected chi connectivity index (χ3v) is 5.06. The van der Waals surface area contributed by atoms with E-state index in [1.54, 1.807) is 0 Å². The summed E-state index contributed by atoms with van der Waals surface area (Å²) in [6.07, 6.45) is 6.02. The van der Waals surface area contributed by atoms with Crippen LogP contribution in [0.2, 0.25) is 0 Å². The summed E-state index contributed by atoms with van der Waals surface area (Å²) in [5, 5.41) is 0. The van der Waals surface area contributed by atoms with Crippen LogP contribution < -0.4 is 5.73 Å². The minimum atomic E-state index is 0.0472. The summed E-state index contributed by atoms with van der Waals surface area (Å²) in [4.78, 5) is 2.56. The number of benzene rings is 1. The van der Waals surface area contributed by atoms with Gasteiger partial charge in [-0.1, -0.05) is 38.1 Å². The quantitative estimate of drug-likeness (QED) is 0.880. The molecule has 0 saturated heterocycles. The van der Waals surface area contributed by atoms with E-state index < -0.39 is 0 Å². The highest BCUT2D eigenvalue weighted by atomic mass is 15.2. The fourth-order valence-corrected chi connectivity index (χ4v) is 3.81. The second-order valence-electron chi connectivity index (χ2n) is 5.83. The van der Waals surface area contributed by atoms with Crippen LogP contribution in [-0.2, 0) is 12.0 Å². The molecule has 0 aromatic heterocycles. The first-order chi connectivity index (χ1) is 9.19. The fraction of sp³-hybridized carbons (Fsp3) is 0.647. The Morgan fingerprint density at radius 1 is 1.26 bits per heavy atom. The summed E-state index contributed by atoms with van der Waals surface area (Å²) in [7, 11) is 2.27. The maximum atomic E-state index is 6.26.